The lowest BCUT2D eigenvalue weighted by molar-refractivity contribution is -0.658. The lowest BCUT2D eigenvalue weighted by Crippen LogP contribution is -2.88. The molecule has 3 nitrogen and oxygen atoms in total. The number of thiophene rings is 1. The number of amides is 1. The van der Waals surface area contributed by atoms with Crippen LogP contribution in [0.5, 0.6) is 0 Å². The Balaban J connectivity index is 1.67. The van der Waals surface area contributed by atoms with Crippen molar-refractivity contribution in [1.82, 2.24) is 4.90 Å². The molecule has 2 N–H and O–H groups in total. The third-order valence-corrected chi connectivity index (χ3v) is 6.01. The number of nitrogens with zero attached hydrogens (tertiary/aromatic N) is 1. The van der Waals surface area contributed by atoms with Crippen LogP contribution in [0.15, 0.2) is 35.7 Å². The molecule has 1 saturated carbocycles. The van der Waals surface area contributed by atoms with E-state index in [-0.39, 0.29) is 11.9 Å². The van der Waals surface area contributed by atoms with Crippen molar-refractivity contribution in [2.45, 2.75) is 38.3 Å². The predicted molar refractivity (Wildman–Crippen MR) is 92.6 cm³/mol. The zero-order chi connectivity index (χ0) is 15.8. The standard InChI is InChI=1S/C19H22N2OS/c1-13-4-2-3-5-15(13)19-16-9-11-23-17(16)8-10-21(19)18(22)12-20-14-6-7-14/h2-5,9,11,14,19-20H,6-8,10,12H2,1H3/p+1/t19-/m0/s1. The van der Waals surface area contributed by atoms with Gasteiger partial charge in [0.05, 0.1) is 12.1 Å². The molecule has 1 fully saturated rings. The van der Waals surface area contributed by atoms with Crippen molar-refractivity contribution < 1.29 is 10.1 Å². The summed E-state index contributed by atoms with van der Waals surface area (Å²) in [4.78, 5) is 16.4. The van der Waals surface area contributed by atoms with Gasteiger partial charge >= 0.3 is 0 Å². The van der Waals surface area contributed by atoms with E-state index in [1.807, 2.05) is 11.3 Å². The van der Waals surface area contributed by atoms with Crippen LogP contribution in [-0.4, -0.2) is 29.9 Å². The van der Waals surface area contributed by atoms with Gasteiger partial charge in [-0.15, -0.1) is 11.3 Å². The third kappa shape index (κ3) is 2.93. The first-order chi connectivity index (χ1) is 11.2. The van der Waals surface area contributed by atoms with Gasteiger partial charge in [0.15, 0.2) is 6.54 Å². The number of aryl methyl sites for hydroxylation is 1. The molecule has 0 radical (unpaired) electrons. The maximum absolute atomic E-state index is 12.9. The first-order valence-corrected chi connectivity index (χ1v) is 9.36. The number of rotatable bonds is 4. The zero-order valence-electron chi connectivity index (χ0n) is 13.5. The zero-order valence-corrected chi connectivity index (χ0v) is 14.3. The maximum Gasteiger partial charge on any atom is 0.278 e. The molecule has 0 saturated heterocycles. The highest BCUT2D eigenvalue weighted by molar-refractivity contribution is 7.10. The SMILES string of the molecule is Cc1ccccc1[C@H]1c2ccsc2CCN1C(=O)C[NH2+]C1CC1. The molecular weight excluding hydrogens is 304 g/mol. The van der Waals surface area contributed by atoms with E-state index < -0.39 is 0 Å². The third-order valence-electron chi connectivity index (χ3n) is 5.02. The number of quaternary nitrogens is 1. The van der Waals surface area contributed by atoms with E-state index in [2.05, 4.69) is 52.9 Å². The fourth-order valence-corrected chi connectivity index (χ4v) is 4.43. The predicted octanol–water partition coefficient (Wildman–Crippen LogP) is 2.26. The molecule has 0 spiro atoms. The Bertz CT molecular complexity index is 720. The van der Waals surface area contributed by atoms with Crippen LogP contribution in [0, 0.1) is 6.92 Å². The van der Waals surface area contributed by atoms with Gasteiger partial charge in [-0.2, -0.15) is 0 Å². The number of carbonyl (C=O) groups excluding carboxylic acids is 1. The fraction of sp³-hybridized carbons (Fsp3) is 0.421. The van der Waals surface area contributed by atoms with E-state index in [1.54, 1.807) is 0 Å². The van der Waals surface area contributed by atoms with Crippen LogP contribution >= 0.6 is 11.3 Å². The molecule has 1 amide bonds. The normalized spacial score (nSPS) is 20.4. The van der Waals surface area contributed by atoms with Crippen LogP contribution in [-0.2, 0) is 11.2 Å². The average Bonchev–Trinajstić information content (AvgIpc) is 3.27. The summed E-state index contributed by atoms with van der Waals surface area (Å²) >= 11 is 1.83. The average molecular weight is 327 g/mol. The van der Waals surface area contributed by atoms with Crippen molar-refractivity contribution in [1.29, 1.82) is 0 Å². The van der Waals surface area contributed by atoms with E-state index >= 15 is 0 Å². The Kier molecular flexibility index (Phi) is 3.95. The molecule has 2 aromatic rings. The Morgan fingerprint density at radius 3 is 2.87 bits per heavy atom. The molecule has 0 unspecified atom stereocenters. The minimum Gasteiger partial charge on any atom is -0.336 e. The molecule has 1 aromatic heterocycles. The number of carbonyl (C=O) groups is 1. The summed E-state index contributed by atoms with van der Waals surface area (Å²) in [6.45, 7) is 3.57. The summed E-state index contributed by atoms with van der Waals surface area (Å²) in [7, 11) is 0. The number of nitrogens with two attached hydrogens (primary N) is 1. The summed E-state index contributed by atoms with van der Waals surface area (Å²) in [6.07, 6.45) is 3.52. The second-order valence-corrected chi connectivity index (χ2v) is 7.67. The van der Waals surface area contributed by atoms with Crippen LogP contribution in [0.25, 0.3) is 0 Å². The number of benzene rings is 1. The van der Waals surface area contributed by atoms with Crippen LogP contribution in [0.2, 0.25) is 0 Å². The second kappa shape index (κ2) is 6.10. The van der Waals surface area contributed by atoms with Gasteiger partial charge < -0.3 is 10.2 Å². The van der Waals surface area contributed by atoms with Gasteiger partial charge in [0.25, 0.3) is 5.91 Å². The van der Waals surface area contributed by atoms with Gasteiger partial charge in [-0.25, -0.2) is 0 Å². The molecule has 23 heavy (non-hydrogen) atoms. The Hall–Kier alpha value is -1.65. The molecule has 1 aliphatic carbocycles. The molecule has 1 aliphatic heterocycles. The van der Waals surface area contributed by atoms with Crippen LogP contribution in [0.1, 0.15) is 40.5 Å². The van der Waals surface area contributed by atoms with Crippen molar-refractivity contribution in [2.24, 2.45) is 0 Å². The number of fused-ring (bicyclic) bond motifs is 1. The van der Waals surface area contributed by atoms with Crippen LogP contribution < -0.4 is 5.32 Å². The number of hydrogen-bond acceptors (Lipinski definition) is 2. The molecular formula is C19H23N2OS+. The van der Waals surface area contributed by atoms with E-state index in [0.29, 0.717) is 12.6 Å². The minimum atomic E-state index is 0.0892. The van der Waals surface area contributed by atoms with Gasteiger partial charge in [0.1, 0.15) is 0 Å². The summed E-state index contributed by atoms with van der Waals surface area (Å²) in [5, 5.41) is 4.39. The number of hydrogen-bond donors (Lipinski definition) is 1. The van der Waals surface area contributed by atoms with Crippen LogP contribution in [0.3, 0.4) is 0 Å². The Morgan fingerprint density at radius 1 is 1.26 bits per heavy atom. The van der Waals surface area contributed by atoms with Gasteiger partial charge in [-0.05, 0) is 41.5 Å². The molecule has 0 bridgehead atoms. The van der Waals surface area contributed by atoms with Gasteiger partial charge in [-0.1, -0.05) is 24.3 Å². The second-order valence-electron chi connectivity index (χ2n) is 6.67. The van der Waals surface area contributed by atoms with E-state index in [9.17, 15) is 4.79 Å². The molecule has 2 heterocycles. The van der Waals surface area contributed by atoms with Crippen molar-refractivity contribution in [3.05, 3.63) is 57.3 Å². The largest absolute Gasteiger partial charge is 0.336 e. The lowest BCUT2D eigenvalue weighted by atomic mass is 9.90. The molecule has 1 aromatic carbocycles. The monoisotopic (exact) mass is 327 g/mol. The fourth-order valence-electron chi connectivity index (χ4n) is 3.53. The summed E-state index contributed by atoms with van der Waals surface area (Å²) in [6, 6.07) is 11.5. The first-order valence-electron chi connectivity index (χ1n) is 8.48. The van der Waals surface area contributed by atoms with Crippen LogP contribution in [0.4, 0.5) is 0 Å². The van der Waals surface area contributed by atoms with E-state index in [1.165, 1.54) is 34.4 Å². The lowest BCUT2D eigenvalue weighted by Gasteiger charge is -2.36. The first kappa shape index (κ1) is 14.9. The van der Waals surface area contributed by atoms with Gasteiger partial charge in [-0.3, -0.25) is 4.79 Å². The molecule has 4 rings (SSSR count). The van der Waals surface area contributed by atoms with Gasteiger partial charge in [0, 0.05) is 24.3 Å². The topological polar surface area (TPSA) is 36.9 Å². The summed E-state index contributed by atoms with van der Waals surface area (Å²) < 4.78 is 0. The van der Waals surface area contributed by atoms with Crippen molar-refractivity contribution in [3.63, 3.8) is 0 Å². The smallest absolute Gasteiger partial charge is 0.278 e. The Labute approximate surface area is 141 Å². The summed E-state index contributed by atoms with van der Waals surface area (Å²) in [5.41, 5.74) is 3.86. The maximum atomic E-state index is 12.9. The quantitative estimate of drug-likeness (QED) is 0.919. The van der Waals surface area contributed by atoms with Crippen molar-refractivity contribution in [3.8, 4) is 0 Å². The highest BCUT2D eigenvalue weighted by Crippen LogP contribution is 2.38. The molecule has 120 valence electrons. The highest BCUT2D eigenvalue weighted by Gasteiger charge is 2.35. The van der Waals surface area contributed by atoms with E-state index in [4.69, 9.17) is 0 Å². The van der Waals surface area contributed by atoms with E-state index in [0.717, 1.165) is 13.0 Å². The summed E-state index contributed by atoms with van der Waals surface area (Å²) in [5.74, 6) is 0.280. The van der Waals surface area contributed by atoms with Crippen molar-refractivity contribution >= 4 is 17.2 Å². The highest BCUT2D eigenvalue weighted by atomic mass is 32.1. The Morgan fingerprint density at radius 2 is 2.09 bits per heavy atom. The minimum absolute atomic E-state index is 0.0892. The van der Waals surface area contributed by atoms with Gasteiger partial charge in [0.2, 0.25) is 0 Å². The van der Waals surface area contributed by atoms with Crippen molar-refractivity contribution in [2.75, 3.05) is 13.1 Å². The molecule has 1 atom stereocenters. The molecule has 4 heteroatoms. The molecule has 2 aliphatic rings.